The Labute approximate surface area is 67.1 Å². The van der Waals surface area contributed by atoms with Crippen molar-refractivity contribution in [1.29, 1.82) is 0 Å². The summed E-state index contributed by atoms with van der Waals surface area (Å²) in [7, 11) is 3.87. The molecule has 1 aliphatic heterocycles. The average molecular weight is 154 g/mol. The van der Waals surface area contributed by atoms with Crippen molar-refractivity contribution >= 4 is 5.78 Å². The molecule has 0 radical (unpaired) electrons. The fourth-order valence-corrected chi connectivity index (χ4v) is 1.13. The molecule has 1 N–H and O–H groups in total. The van der Waals surface area contributed by atoms with Crippen LogP contribution < -0.4 is 5.32 Å². The summed E-state index contributed by atoms with van der Waals surface area (Å²) >= 11 is 0. The van der Waals surface area contributed by atoms with E-state index < -0.39 is 0 Å². The van der Waals surface area contributed by atoms with E-state index in [1.165, 1.54) is 0 Å². The van der Waals surface area contributed by atoms with Crippen LogP contribution in [0, 0.1) is 0 Å². The molecule has 0 saturated carbocycles. The molecule has 0 aromatic rings. The van der Waals surface area contributed by atoms with Crippen molar-refractivity contribution in [3.05, 3.63) is 11.8 Å². The van der Waals surface area contributed by atoms with Crippen LogP contribution in [0.1, 0.15) is 6.42 Å². The fourth-order valence-electron chi connectivity index (χ4n) is 1.13. The third-order valence-corrected chi connectivity index (χ3v) is 1.63. The minimum absolute atomic E-state index is 0.227. The van der Waals surface area contributed by atoms with Gasteiger partial charge in [-0.05, 0) is 13.0 Å². The van der Waals surface area contributed by atoms with E-state index in [1.54, 1.807) is 0 Å². The minimum Gasteiger partial charge on any atom is -0.383 e. The van der Waals surface area contributed by atoms with Gasteiger partial charge in [0.1, 0.15) is 0 Å². The Balaban J connectivity index is 2.61. The van der Waals surface area contributed by atoms with Gasteiger partial charge in [-0.3, -0.25) is 4.79 Å². The molecule has 62 valence electrons. The van der Waals surface area contributed by atoms with Gasteiger partial charge in [-0.1, -0.05) is 0 Å². The summed E-state index contributed by atoms with van der Waals surface area (Å²) in [5.41, 5.74) is 0.939. The van der Waals surface area contributed by atoms with Crippen LogP contribution in [-0.4, -0.2) is 37.9 Å². The molecule has 11 heavy (non-hydrogen) atoms. The number of hydrogen-bond acceptors (Lipinski definition) is 3. The number of hydrogen-bond donors (Lipinski definition) is 1. The number of ketones is 1. The van der Waals surface area contributed by atoms with E-state index in [1.807, 2.05) is 25.2 Å². The average Bonchev–Trinajstić information content (AvgIpc) is 1.93. The Hall–Kier alpha value is -0.830. The molecule has 0 bridgehead atoms. The van der Waals surface area contributed by atoms with E-state index in [9.17, 15) is 4.79 Å². The SMILES string of the molecule is CN(C)C=C1CCNCC1=O. The van der Waals surface area contributed by atoms with Crippen molar-refractivity contribution in [3.8, 4) is 0 Å². The molecule has 0 atom stereocenters. The highest BCUT2D eigenvalue weighted by molar-refractivity contribution is 5.97. The van der Waals surface area contributed by atoms with Crippen molar-refractivity contribution in [3.63, 3.8) is 0 Å². The first-order chi connectivity index (χ1) is 5.20. The maximum Gasteiger partial charge on any atom is 0.174 e. The number of Topliss-reactive ketones (excluding diaryl/α,β-unsaturated/α-hetero) is 1. The monoisotopic (exact) mass is 154 g/mol. The first kappa shape index (κ1) is 8.27. The van der Waals surface area contributed by atoms with Crippen LogP contribution in [0.4, 0.5) is 0 Å². The lowest BCUT2D eigenvalue weighted by Gasteiger charge is -2.16. The van der Waals surface area contributed by atoms with Crippen molar-refractivity contribution in [2.75, 3.05) is 27.2 Å². The van der Waals surface area contributed by atoms with Crippen molar-refractivity contribution in [2.45, 2.75) is 6.42 Å². The van der Waals surface area contributed by atoms with E-state index in [-0.39, 0.29) is 5.78 Å². The Morgan fingerprint density at radius 1 is 1.55 bits per heavy atom. The lowest BCUT2D eigenvalue weighted by atomic mass is 10.1. The van der Waals surface area contributed by atoms with Gasteiger partial charge in [-0.25, -0.2) is 0 Å². The molecule has 0 aromatic heterocycles. The molecular weight excluding hydrogens is 140 g/mol. The highest BCUT2D eigenvalue weighted by Gasteiger charge is 2.13. The first-order valence-corrected chi connectivity index (χ1v) is 3.81. The quantitative estimate of drug-likeness (QED) is 0.539. The van der Waals surface area contributed by atoms with Crippen LogP contribution in [-0.2, 0) is 4.79 Å². The normalized spacial score (nSPS) is 22.4. The molecule has 1 heterocycles. The summed E-state index contributed by atoms with van der Waals surface area (Å²) in [5, 5.41) is 3.03. The zero-order chi connectivity index (χ0) is 8.27. The minimum atomic E-state index is 0.227. The smallest absolute Gasteiger partial charge is 0.174 e. The Kier molecular flexibility index (Phi) is 2.65. The zero-order valence-corrected chi connectivity index (χ0v) is 7.05. The molecule has 3 heteroatoms. The van der Waals surface area contributed by atoms with Gasteiger partial charge >= 0.3 is 0 Å². The van der Waals surface area contributed by atoms with Gasteiger partial charge in [0.15, 0.2) is 5.78 Å². The fraction of sp³-hybridized carbons (Fsp3) is 0.625. The number of rotatable bonds is 1. The molecule has 0 amide bonds. The number of nitrogens with one attached hydrogen (secondary N) is 1. The predicted octanol–water partition coefficient (Wildman–Crippen LogP) is -0.00570. The molecule has 1 saturated heterocycles. The predicted molar refractivity (Wildman–Crippen MR) is 44.3 cm³/mol. The summed E-state index contributed by atoms with van der Waals surface area (Å²) < 4.78 is 0. The van der Waals surface area contributed by atoms with Gasteiger partial charge in [-0.15, -0.1) is 0 Å². The van der Waals surface area contributed by atoms with Crippen molar-refractivity contribution < 1.29 is 4.79 Å². The lowest BCUT2D eigenvalue weighted by molar-refractivity contribution is -0.115. The van der Waals surface area contributed by atoms with Crippen LogP contribution in [0.3, 0.4) is 0 Å². The molecule has 1 rings (SSSR count). The van der Waals surface area contributed by atoms with Crippen molar-refractivity contribution in [1.82, 2.24) is 10.2 Å². The van der Waals surface area contributed by atoms with Crippen LogP contribution in [0.5, 0.6) is 0 Å². The van der Waals surface area contributed by atoms with E-state index in [0.29, 0.717) is 6.54 Å². The Bertz CT molecular complexity index is 185. The first-order valence-electron chi connectivity index (χ1n) is 3.81. The molecule has 0 unspecified atom stereocenters. The Morgan fingerprint density at radius 2 is 2.27 bits per heavy atom. The second-order valence-electron chi connectivity index (χ2n) is 2.97. The molecule has 0 aromatic carbocycles. The van der Waals surface area contributed by atoms with Gasteiger partial charge in [0.25, 0.3) is 0 Å². The molecule has 0 aliphatic carbocycles. The van der Waals surface area contributed by atoms with E-state index >= 15 is 0 Å². The maximum atomic E-state index is 11.2. The van der Waals surface area contributed by atoms with Gasteiger partial charge < -0.3 is 10.2 Å². The summed E-state index contributed by atoms with van der Waals surface area (Å²) in [4.78, 5) is 13.1. The third-order valence-electron chi connectivity index (χ3n) is 1.63. The maximum absolute atomic E-state index is 11.2. The number of carbonyl (C=O) groups is 1. The van der Waals surface area contributed by atoms with Gasteiger partial charge in [0, 0.05) is 25.9 Å². The Morgan fingerprint density at radius 3 is 2.82 bits per heavy atom. The van der Waals surface area contributed by atoms with Gasteiger partial charge in [-0.2, -0.15) is 0 Å². The largest absolute Gasteiger partial charge is 0.383 e. The van der Waals surface area contributed by atoms with Crippen molar-refractivity contribution in [2.24, 2.45) is 0 Å². The second-order valence-corrected chi connectivity index (χ2v) is 2.97. The van der Waals surface area contributed by atoms with Crippen LogP contribution >= 0.6 is 0 Å². The van der Waals surface area contributed by atoms with Gasteiger partial charge in [0.2, 0.25) is 0 Å². The summed E-state index contributed by atoms with van der Waals surface area (Å²) in [6, 6.07) is 0. The molecule has 1 aliphatic rings. The number of piperidine rings is 1. The van der Waals surface area contributed by atoms with E-state index in [0.717, 1.165) is 18.5 Å². The molecular formula is C8H14N2O. The lowest BCUT2D eigenvalue weighted by Crippen LogP contribution is -2.32. The van der Waals surface area contributed by atoms with Crippen LogP contribution in [0.15, 0.2) is 11.8 Å². The topological polar surface area (TPSA) is 32.3 Å². The highest BCUT2D eigenvalue weighted by Crippen LogP contribution is 2.06. The molecule has 0 spiro atoms. The highest BCUT2D eigenvalue weighted by atomic mass is 16.1. The number of nitrogens with zero attached hydrogens (tertiary/aromatic N) is 1. The number of carbonyl (C=O) groups excluding carboxylic acids is 1. The molecule has 1 fully saturated rings. The summed E-state index contributed by atoms with van der Waals surface area (Å²) in [6.07, 6.45) is 2.76. The molecule has 3 nitrogen and oxygen atoms in total. The standard InChI is InChI=1S/C8H14N2O/c1-10(2)6-7-3-4-9-5-8(7)11/h6,9H,3-5H2,1-2H3. The van der Waals surface area contributed by atoms with E-state index in [2.05, 4.69) is 5.32 Å². The van der Waals surface area contributed by atoms with Crippen LogP contribution in [0.2, 0.25) is 0 Å². The third kappa shape index (κ3) is 2.35. The summed E-state index contributed by atoms with van der Waals surface area (Å²) in [6.45, 7) is 1.42. The summed E-state index contributed by atoms with van der Waals surface area (Å²) in [5.74, 6) is 0.227. The van der Waals surface area contributed by atoms with Gasteiger partial charge in [0.05, 0.1) is 6.54 Å². The zero-order valence-electron chi connectivity index (χ0n) is 7.05. The van der Waals surface area contributed by atoms with E-state index in [4.69, 9.17) is 0 Å². The second kappa shape index (κ2) is 3.53. The van der Waals surface area contributed by atoms with Crippen LogP contribution in [0.25, 0.3) is 0 Å².